The maximum Gasteiger partial charge on any atom is 0.329 e. The normalized spacial score (nSPS) is 39.8. The van der Waals surface area contributed by atoms with Crippen LogP contribution in [0.1, 0.15) is 119 Å². The number of hydrogen-bond acceptors (Lipinski definition) is 11. The van der Waals surface area contributed by atoms with E-state index in [9.17, 15) is 29.4 Å². The third-order valence-electron chi connectivity index (χ3n) is 12.8. The van der Waals surface area contributed by atoms with Gasteiger partial charge < -0.3 is 38.8 Å². The summed E-state index contributed by atoms with van der Waals surface area (Å²) in [6.07, 6.45) is 7.09. The van der Waals surface area contributed by atoms with Crippen LogP contribution in [0.2, 0.25) is 0 Å². The number of aliphatic hydroxyl groups is 2. The predicted octanol–water partition coefficient (Wildman–Crippen LogP) is 5.50. The molecular formula is C43H69NO11. The van der Waals surface area contributed by atoms with Crippen LogP contribution in [0.3, 0.4) is 0 Å². The first-order valence-corrected chi connectivity index (χ1v) is 20.7. The average Bonchev–Trinajstić information content (AvgIpc) is 3.16. The van der Waals surface area contributed by atoms with Crippen molar-refractivity contribution in [2.45, 2.75) is 167 Å². The molecule has 2 saturated heterocycles. The van der Waals surface area contributed by atoms with E-state index >= 15 is 0 Å². The molecule has 2 bridgehead atoms. The highest BCUT2D eigenvalue weighted by Gasteiger charge is 2.56. The van der Waals surface area contributed by atoms with E-state index in [1.54, 1.807) is 28.3 Å². The summed E-state index contributed by atoms with van der Waals surface area (Å²) in [5.74, 6) is -6.24. The minimum Gasteiger partial charge on any atom is -0.456 e. The molecule has 1 saturated carbocycles. The minimum atomic E-state index is -2.46. The van der Waals surface area contributed by atoms with E-state index in [1.165, 1.54) is 4.90 Å². The highest BCUT2D eigenvalue weighted by Crippen LogP contribution is 2.39. The number of esters is 1. The number of ether oxygens (including phenoxy) is 5. The summed E-state index contributed by atoms with van der Waals surface area (Å²) < 4.78 is 29.8. The van der Waals surface area contributed by atoms with Gasteiger partial charge >= 0.3 is 5.97 Å². The van der Waals surface area contributed by atoms with Gasteiger partial charge in [-0.3, -0.25) is 14.4 Å². The molecule has 3 heterocycles. The molecule has 1 amide bonds. The molecule has 0 aromatic rings. The standard InChI is InChI=1S/C43H69NO11/c1-10-31-20-25(2)19-26(3)21-36(52-8)39-37(53-9)23-29(6)43(50,55-39)40(47)41(48)44-18-12-11-13-32(44)42(49)54-38(27(4)14-16-33(31)45)28(5)22-30-15-17-35(51-7)34(46)24-30/h20,22,26-27,29-32,34-39,46,50H,10-19,21,23-24H2,1-9H3. The van der Waals surface area contributed by atoms with Gasteiger partial charge in [-0.05, 0) is 108 Å². The van der Waals surface area contributed by atoms with Crippen molar-refractivity contribution in [1.82, 2.24) is 4.90 Å². The Hall–Kier alpha value is -2.48. The van der Waals surface area contributed by atoms with Crippen LogP contribution in [0.5, 0.6) is 0 Å². The molecule has 4 aliphatic rings. The number of fused-ring (bicyclic) bond motifs is 3. The molecule has 12 heteroatoms. The fourth-order valence-corrected chi connectivity index (χ4v) is 9.42. The van der Waals surface area contributed by atoms with Crippen LogP contribution in [0.25, 0.3) is 0 Å². The number of nitrogens with zero attached hydrogens (tertiary/aromatic N) is 1. The van der Waals surface area contributed by atoms with E-state index in [1.807, 2.05) is 27.7 Å². The number of rotatable bonds is 6. The lowest BCUT2D eigenvalue weighted by molar-refractivity contribution is -0.302. The highest BCUT2D eigenvalue weighted by atomic mass is 16.7. The first-order valence-electron chi connectivity index (χ1n) is 20.7. The SMILES string of the molecule is CCC1C=C(C)CC(C)CC(OC)C2OC(O)(C(=O)C(=O)N3CCCCC3C(=O)OC(C(C)=CC3CCC(OC)C(O)C3)C(C)CCC1=O)C(C)CC2OC. The van der Waals surface area contributed by atoms with Crippen LogP contribution >= 0.6 is 0 Å². The molecule has 4 rings (SSSR count). The van der Waals surface area contributed by atoms with Crippen LogP contribution in [0.4, 0.5) is 0 Å². The van der Waals surface area contributed by atoms with Crippen LogP contribution in [0, 0.1) is 29.6 Å². The van der Waals surface area contributed by atoms with Crippen molar-refractivity contribution in [2.75, 3.05) is 27.9 Å². The molecule has 1 aliphatic carbocycles. The quantitative estimate of drug-likeness (QED) is 0.199. The maximum absolute atomic E-state index is 14.2. The molecular weight excluding hydrogens is 706 g/mol. The number of amides is 1. The molecule has 312 valence electrons. The van der Waals surface area contributed by atoms with Crippen molar-refractivity contribution in [2.24, 2.45) is 29.6 Å². The minimum absolute atomic E-state index is 0.0434. The van der Waals surface area contributed by atoms with E-state index < -0.39 is 65.9 Å². The lowest BCUT2D eigenvalue weighted by Gasteiger charge is -2.47. The monoisotopic (exact) mass is 775 g/mol. The van der Waals surface area contributed by atoms with Crippen LogP contribution in [0.15, 0.2) is 23.3 Å². The van der Waals surface area contributed by atoms with Gasteiger partial charge in [0.25, 0.3) is 11.7 Å². The second-order valence-corrected chi connectivity index (χ2v) is 17.0. The second-order valence-electron chi connectivity index (χ2n) is 17.0. The number of carbonyl (C=O) groups excluding carboxylic acids is 4. The molecule has 0 aromatic heterocycles. The summed E-state index contributed by atoms with van der Waals surface area (Å²) in [7, 11) is 4.70. The number of ketones is 2. The van der Waals surface area contributed by atoms with E-state index in [2.05, 4.69) is 19.1 Å². The first-order chi connectivity index (χ1) is 26.1. The Bertz CT molecular complexity index is 1400. The Labute approximate surface area is 328 Å². The first kappa shape index (κ1) is 45.2. The fourth-order valence-electron chi connectivity index (χ4n) is 9.42. The van der Waals surface area contributed by atoms with Crippen molar-refractivity contribution in [3.63, 3.8) is 0 Å². The zero-order valence-corrected chi connectivity index (χ0v) is 34.8. The third kappa shape index (κ3) is 10.9. The van der Waals surface area contributed by atoms with Crippen molar-refractivity contribution in [3.8, 4) is 0 Å². The second kappa shape index (κ2) is 20.3. The summed E-state index contributed by atoms with van der Waals surface area (Å²) in [5, 5.41) is 22.7. The molecule has 12 nitrogen and oxygen atoms in total. The molecule has 13 unspecified atom stereocenters. The summed E-state index contributed by atoms with van der Waals surface area (Å²) in [4.78, 5) is 57.6. The molecule has 55 heavy (non-hydrogen) atoms. The summed E-state index contributed by atoms with van der Waals surface area (Å²) in [6, 6.07) is -1.04. The lowest BCUT2D eigenvalue weighted by Crippen LogP contribution is -2.64. The Morgan fingerprint density at radius 1 is 0.945 bits per heavy atom. The van der Waals surface area contributed by atoms with Crippen molar-refractivity contribution >= 4 is 23.4 Å². The zero-order valence-electron chi connectivity index (χ0n) is 34.8. The fraction of sp³-hybridized carbons (Fsp3) is 0.814. The number of Topliss-reactive ketones (excluding diaryl/α,β-unsaturated/α-hetero) is 2. The van der Waals surface area contributed by atoms with E-state index in [0.29, 0.717) is 64.2 Å². The van der Waals surface area contributed by atoms with Gasteiger partial charge in [-0.2, -0.15) is 0 Å². The summed E-state index contributed by atoms with van der Waals surface area (Å²) in [6.45, 7) is 11.8. The average molecular weight is 776 g/mol. The van der Waals surface area contributed by atoms with Crippen LogP contribution in [-0.4, -0.2) is 115 Å². The third-order valence-corrected chi connectivity index (χ3v) is 12.8. The van der Waals surface area contributed by atoms with Crippen molar-refractivity contribution in [3.05, 3.63) is 23.3 Å². The van der Waals surface area contributed by atoms with Gasteiger partial charge in [0.2, 0.25) is 5.79 Å². The topological polar surface area (TPSA) is 158 Å². The number of allylic oxidation sites excluding steroid dienone is 3. The number of piperidine rings is 1. The maximum atomic E-state index is 14.2. The highest BCUT2D eigenvalue weighted by molar-refractivity contribution is 6.39. The Balaban J connectivity index is 1.73. The number of aliphatic hydroxyl groups excluding tert-OH is 1. The van der Waals surface area contributed by atoms with Crippen molar-refractivity contribution < 1.29 is 53.1 Å². The van der Waals surface area contributed by atoms with Gasteiger partial charge in [0, 0.05) is 46.1 Å². The molecule has 13 atom stereocenters. The van der Waals surface area contributed by atoms with Crippen LogP contribution < -0.4 is 0 Å². The Morgan fingerprint density at radius 3 is 2.25 bits per heavy atom. The molecule has 0 spiro atoms. The van der Waals surface area contributed by atoms with Gasteiger partial charge in [0.1, 0.15) is 24.0 Å². The largest absolute Gasteiger partial charge is 0.456 e. The lowest BCUT2D eigenvalue weighted by atomic mass is 9.82. The molecule has 0 radical (unpaired) electrons. The number of methoxy groups -OCH3 is 3. The number of hydrogen-bond donors (Lipinski definition) is 2. The number of carbonyl (C=O) groups is 4. The van der Waals surface area contributed by atoms with Gasteiger partial charge in [-0.1, -0.05) is 45.4 Å². The molecule has 2 N–H and O–H groups in total. The zero-order chi connectivity index (χ0) is 40.6. The van der Waals surface area contributed by atoms with Crippen molar-refractivity contribution in [1.29, 1.82) is 0 Å². The van der Waals surface area contributed by atoms with E-state index in [-0.39, 0.29) is 48.5 Å². The molecule has 3 aliphatic heterocycles. The molecule has 3 fully saturated rings. The van der Waals surface area contributed by atoms with E-state index in [0.717, 1.165) is 17.6 Å². The van der Waals surface area contributed by atoms with E-state index in [4.69, 9.17) is 23.7 Å². The summed E-state index contributed by atoms with van der Waals surface area (Å²) in [5.41, 5.74) is 1.89. The Morgan fingerprint density at radius 2 is 1.62 bits per heavy atom. The Kier molecular flexibility index (Phi) is 16.7. The number of cyclic esters (lactones) is 1. The smallest absolute Gasteiger partial charge is 0.329 e. The summed E-state index contributed by atoms with van der Waals surface area (Å²) >= 11 is 0. The van der Waals surface area contributed by atoms with Gasteiger partial charge in [-0.25, -0.2) is 4.79 Å². The predicted molar refractivity (Wildman–Crippen MR) is 207 cm³/mol. The van der Waals surface area contributed by atoms with Gasteiger partial charge in [-0.15, -0.1) is 0 Å². The van der Waals surface area contributed by atoms with Gasteiger partial charge in [0.15, 0.2) is 0 Å². The van der Waals surface area contributed by atoms with Crippen LogP contribution in [-0.2, 0) is 42.9 Å². The molecule has 0 aromatic carbocycles. The van der Waals surface area contributed by atoms with Gasteiger partial charge in [0.05, 0.1) is 24.4 Å².